The van der Waals surface area contributed by atoms with Crippen LogP contribution in [0.3, 0.4) is 0 Å². The van der Waals surface area contributed by atoms with E-state index in [0.29, 0.717) is 27.0 Å². The fourth-order valence-electron chi connectivity index (χ4n) is 2.32. The van der Waals surface area contributed by atoms with Crippen molar-refractivity contribution in [1.29, 1.82) is 0 Å². The average Bonchev–Trinajstić information content (AvgIpc) is 3.50. The predicted octanol–water partition coefficient (Wildman–Crippen LogP) is 2.74. The Morgan fingerprint density at radius 2 is 1.70 bits per heavy atom. The molecule has 2 aromatic carbocycles. The first-order valence-electron chi connectivity index (χ1n) is 9.02. The second-order valence-corrected chi connectivity index (χ2v) is 7.38. The Hall–Kier alpha value is -3.10. The predicted molar refractivity (Wildman–Crippen MR) is 114 cm³/mol. The molecule has 0 atom stereocenters. The Kier molecular flexibility index (Phi) is 7.26. The van der Waals surface area contributed by atoms with E-state index in [0.717, 1.165) is 12.8 Å². The number of nitrogens with zero attached hydrogens (tertiary/aromatic N) is 1. The zero-order chi connectivity index (χ0) is 21.5. The summed E-state index contributed by atoms with van der Waals surface area (Å²) >= 11 is 11.8. The molecule has 3 amide bonds. The Balaban J connectivity index is 1.42. The van der Waals surface area contributed by atoms with Crippen molar-refractivity contribution in [3.8, 4) is 5.75 Å². The van der Waals surface area contributed by atoms with Crippen molar-refractivity contribution in [2.75, 3.05) is 11.9 Å². The van der Waals surface area contributed by atoms with Crippen molar-refractivity contribution in [2.24, 2.45) is 5.10 Å². The van der Waals surface area contributed by atoms with Gasteiger partial charge in [-0.15, -0.1) is 0 Å². The highest BCUT2D eigenvalue weighted by Gasteiger charge is 2.26. The minimum Gasteiger partial charge on any atom is -0.484 e. The number of hydrogen-bond donors (Lipinski definition) is 3. The van der Waals surface area contributed by atoms with E-state index in [4.69, 9.17) is 27.9 Å². The van der Waals surface area contributed by atoms with Gasteiger partial charge in [-0.05, 0) is 60.9 Å². The molecule has 0 aromatic heterocycles. The molecule has 1 fully saturated rings. The summed E-state index contributed by atoms with van der Waals surface area (Å²) in [4.78, 5) is 35.0. The summed E-state index contributed by atoms with van der Waals surface area (Å²) in [6.07, 6.45) is 3.18. The molecule has 1 saturated carbocycles. The van der Waals surface area contributed by atoms with E-state index in [-0.39, 0.29) is 18.6 Å². The number of ether oxygens (including phenoxy) is 1. The molecule has 1 aliphatic rings. The number of halogens is 2. The average molecular weight is 449 g/mol. The van der Waals surface area contributed by atoms with Crippen molar-refractivity contribution in [3.63, 3.8) is 0 Å². The summed E-state index contributed by atoms with van der Waals surface area (Å²) in [5, 5.41) is 9.78. The van der Waals surface area contributed by atoms with E-state index in [9.17, 15) is 14.4 Å². The van der Waals surface area contributed by atoms with Crippen molar-refractivity contribution < 1.29 is 19.1 Å². The van der Waals surface area contributed by atoms with Gasteiger partial charge in [0.15, 0.2) is 6.61 Å². The number of carbonyl (C=O) groups is 3. The van der Waals surface area contributed by atoms with Crippen molar-refractivity contribution in [2.45, 2.75) is 18.9 Å². The zero-order valence-electron chi connectivity index (χ0n) is 15.7. The SMILES string of the molecule is O=C(COc1ccc(/C=N\NC(=O)C(=O)NC2CC2)cc1)Nc1cc(Cl)cc(Cl)c1. The molecule has 156 valence electrons. The molecular formula is C20H18Cl2N4O4. The van der Waals surface area contributed by atoms with Gasteiger partial charge < -0.3 is 15.4 Å². The van der Waals surface area contributed by atoms with Crippen LogP contribution in [-0.4, -0.2) is 36.6 Å². The number of hydrogen-bond acceptors (Lipinski definition) is 5. The van der Waals surface area contributed by atoms with Gasteiger partial charge in [-0.25, -0.2) is 5.43 Å². The third-order valence-corrected chi connectivity index (χ3v) is 4.33. The smallest absolute Gasteiger partial charge is 0.329 e. The number of carbonyl (C=O) groups excluding carboxylic acids is 3. The highest BCUT2D eigenvalue weighted by atomic mass is 35.5. The fraction of sp³-hybridized carbons (Fsp3) is 0.200. The maximum Gasteiger partial charge on any atom is 0.329 e. The van der Waals surface area contributed by atoms with E-state index in [2.05, 4.69) is 21.2 Å². The van der Waals surface area contributed by atoms with Gasteiger partial charge in [0.25, 0.3) is 5.91 Å². The van der Waals surface area contributed by atoms with Gasteiger partial charge in [-0.2, -0.15) is 5.10 Å². The molecule has 10 heteroatoms. The van der Waals surface area contributed by atoms with Gasteiger partial charge in [-0.3, -0.25) is 14.4 Å². The Morgan fingerprint density at radius 3 is 2.33 bits per heavy atom. The summed E-state index contributed by atoms with van der Waals surface area (Å²) in [7, 11) is 0. The Bertz CT molecular complexity index is 955. The standard InChI is InChI=1S/C20H18Cl2N4O4/c21-13-7-14(22)9-16(8-13)24-18(27)11-30-17-5-1-12(2-6-17)10-23-26-20(29)19(28)25-15-3-4-15/h1-2,5-10,15H,3-4,11H2,(H,24,27)(H,25,28)(H,26,29)/b23-10-. The highest BCUT2D eigenvalue weighted by Crippen LogP contribution is 2.22. The first kappa shape index (κ1) is 21.6. The zero-order valence-corrected chi connectivity index (χ0v) is 17.2. The second kappa shape index (κ2) is 10.1. The van der Waals surface area contributed by atoms with E-state index >= 15 is 0 Å². The van der Waals surface area contributed by atoms with Crippen LogP contribution in [0.25, 0.3) is 0 Å². The van der Waals surface area contributed by atoms with E-state index in [1.165, 1.54) is 6.21 Å². The minimum absolute atomic E-state index is 0.102. The lowest BCUT2D eigenvalue weighted by Crippen LogP contribution is -2.38. The van der Waals surface area contributed by atoms with Crippen molar-refractivity contribution in [3.05, 3.63) is 58.1 Å². The topological polar surface area (TPSA) is 109 Å². The monoisotopic (exact) mass is 448 g/mol. The minimum atomic E-state index is -0.815. The van der Waals surface area contributed by atoms with Crippen LogP contribution in [0.15, 0.2) is 47.6 Å². The molecule has 0 saturated heterocycles. The third-order valence-electron chi connectivity index (χ3n) is 3.89. The molecule has 2 aromatic rings. The first-order valence-corrected chi connectivity index (χ1v) is 9.77. The Labute approximate surface area is 182 Å². The lowest BCUT2D eigenvalue weighted by atomic mass is 10.2. The van der Waals surface area contributed by atoms with Gasteiger partial charge in [-0.1, -0.05) is 23.2 Å². The number of rotatable bonds is 7. The maximum atomic E-state index is 12.0. The van der Waals surface area contributed by atoms with E-state index in [1.54, 1.807) is 42.5 Å². The Morgan fingerprint density at radius 1 is 1.03 bits per heavy atom. The molecule has 3 rings (SSSR count). The molecular weight excluding hydrogens is 431 g/mol. The van der Waals surface area contributed by atoms with Crippen LogP contribution in [0.4, 0.5) is 5.69 Å². The second-order valence-electron chi connectivity index (χ2n) is 6.51. The van der Waals surface area contributed by atoms with Gasteiger partial charge in [0.05, 0.1) is 6.21 Å². The fourth-order valence-corrected chi connectivity index (χ4v) is 2.84. The molecule has 0 radical (unpaired) electrons. The van der Waals surface area contributed by atoms with Crippen molar-refractivity contribution in [1.82, 2.24) is 10.7 Å². The molecule has 1 aliphatic carbocycles. The molecule has 0 spiro atoms. The van der Waals surface area contributed by atoms with Gasteiger partial charge in [0.1, 0.15) is 5.75 Å². The van der Waals surface area contributed by atoms with Crippen molar-refractivity contribution >= 4 is 52.8 Å². The van der Waals surface area contributed by atoms with Crippen LogP contribution in [0.5, 0.6) is 5.75 Å². The summed E-state index contributed by atoms with van der Waals surface area (Å²) < 4.78 is 5.43. The van der Waals surface area contributed by atoms with Gasteiger partial charge in [0, 0.05) is 21.8 Å². The van der Waals surface area contributed by atoms with Crippen LogP contribution in [0.2, 0.25) is 10.0 Å². The lowest BCUT2D eigenvalue weighted by molar-refractivity contribution is -0.139. The van der Waals surface area contributed by atoms with Gasteiger partial charge in [0.2, 0.25) is 0 Å². The number of nitrogens with one attached hydrogen (secondary N) is 3. The van der Waals surface area contributed by atoms with Crippen LogP contribution < -0.4 is 20.8 Å². The van der Waals surface area contributed by atoms with Crippen LogP contribution in [0, 0.1) is 0 Å². The summed E-state index contributed by atoms with van der Waals surface area (Å²) in [5.41, 5.74) is 3.31. The maximum absolute atomic E-state index is 12.0. The molecule has 0 heterocycles. The molecule has 0 aliphatic heterocycles. The van der Waals surface area contributed by atoms with Crippen LogP contribution in [0.1, 0.15) is 18.4 Å². The number of benzene rings is 2. The molecule has 30 heavy (non-hydrogen) atoms. The third kappa shape index (κ3) is 7.06. The van der Waals surface area contributed by atoms with Crippen LogP contribution in [-0.2, 0) is 14.4 Å². The molecule has 0 unspecified atom stereocenters. The first-order chi connectivity index (χ1) is 14.4. The van der Waals surface area contributed by atoms with Gasteiger partial charge >= 0.3 is 11.8 Å². The van der Waals surface area contributed by atoms with E-state index in [1.807, 2.05) is 0 Å². The summed E-state index contributed by atoms with van der Waals surface area (Å²) in [6.45, 7) is -0.205. The van der Waals surface area contributed by atoms with Crippen LogP contribution >= 0.6 is 23.2 Å². The largest absolute Gasteiger partial charge is 0.484 e. The number of hydrazone groups is 1. The quantitative estimate of drug-likeness (QED) is 0.343. The number of anilines is 1. The molecule has 8 nitrogen and oxygen atoms in total. The normalized spacial score (nSPS) is 13.0. The summed E-state index contributed by atoms with van der Waals surface area (Å²) in [6, 6.07) is 11.5. The molecule has 3 N–H and O–H groups in total. The summed E-state index contributed by atoms with van der Waals surface area (Å²) in [5.74, 6) is -1.41. The molecule has 0 bridgehead atoms. The number of amides is 3. The highest BCUT2D eigenvalue weighted by molar-refractivity contribution is 6.35. The lowest BCUT2D eigenvalue weighted by Gasteiger charge is -2.08. The van der Waals surface area contributed by atoms with E-state index < -0.39 is 11.8 Å².